The number of amides is 3. The Hall–Kier alpha value is -3.28. The van der Waals surface area contributed by atoms with Crippen molar-refractivity contribution in [3.63, 3.8) is 0 Å². The molecule has 10 nitrogen and oxygen atoms in total. The van der Waals surface area contributed by atoms with Crippen LogP contribution in [0.3, 0.4) is 0 Å². The summed E-state index contributed by atoms with van der Waals surface area (Å²) in [6.45, 7) is 0.913. The molecule has 0 N–H and O–H groups in total. The number of hydrogen-bond acceptors (Lipinski definition) is 7. The molecule has 3 aliphatic carbocycles. The molecule has 0 bridgehead atoms. The van der Waals surface area contributed by atoms with Gasteiger partial charge in [-0.05, 0) is 68.9 Å². The average molecular weight is 656 g/mol. The Morgan fingerprint density at radius 1 is 1.02 bits per heavy atom. The molecule has 7 rings (SSSR count). The van der Waals surface area contributed by atoms with Crippen molar-refractivity contribution in [3.8, 4) is 0 Å². The smallest absolute Gasteiger partial charge is 0.410 e. The molecule has 12 heteroatoms. The third-order valence-corrected chi connectivity index (χ3v) is 12.9. The molecule has 1 saturated heterocycles. The predicted octanol–water partition coefficient (Wildman–Crippen LogP) is 4.55. The summed E-state index contributed by atoms with van der Waals surface area (Å²) in [5.74, 6) is -1.87. The molecule has 3 saturated carbocycles. The van der Waals surface area contributed by atoms with E-state index in [1.54, 1.807) is 12.1 Å². The van der Waals surface area contributed by atoms with Gasteiger partial charge in [-0.25, -0.2) is 22.4 Å². The highest BCUT2D eigenvalue weighted by atomic mass is 32.2. The minimum absolute atomic E-state index is 0.0414. The summed E-state index contributed by atoms with van der Waals surface area (Å²) in [5.41, 5.74) is 0.0738. The molecule has 0 radical (unpaired) electrons. The molecule has 1 aromatic carbocycles. The molecule has 248 valence electrons. The Morgan fingerprint density at radius 3 is 2.57 bits per heavy atom. The largest absolute Gasteiger partial charge is 0.444 e. The number of ketones is 2. The van der Waals surface area contributed by atoms with Crippen LogP contribution in [0.15, 0.2) is 30.4 Å². The van der Waals surface area contributed by atoms with Crippen molar-refractivity contribution in [2.75, 3.05) is 18.8 Å². The Kier molecular flexibility index (Phi) is 8.22. The number of hydrogen-bond donors (Lipinski definition) is 0. The Labute approximate surface area is 269 Å². The first-order chi connectivity index (χ1) is 22.1. The number of halogens is 1. The van der Waals surface area contributed by atoms with Gasteiger partial charge in [0.15, 0.2) is 21.4 Å². The van der Waals surface area contributed by atoms with Gasteiger partial charge in [-0.15, -0.1) is 0 Å². The Bertz CT molecular complexity index is 1570. The molecule has 0 unspecified atom stereocenters. The standard InChI is InChI=1S/C34H42FN3O7S/c35-28-9-6-7-22-18-36(20-27(22)28)33(42)45-25-15-29-30(39)17-34(31(40)21-46(43,44)26-12-13-26)16-23(34)8-4-2-1-3-5-14-37(24-10-11-24)32(41)38(29)19-25/h4,6-9,23-26,29H,1-3,5,10-21H2/b8-4-/t23-,25-,29+,34-/m1/s1. The number of nitrogens with zero attached hydrogens (tertiary/aromatic N) is 3. The first-order valence-corrected chi connectivity index (χ1v) is 18.5. The van der Waals surface area contributed by atoms with Crippen molar-refractivity contribution >= 4 is 33.5 Å². The summed E-state index contributed by atoms with van der Waals surface area (Å²) in [6, 6.07) is 3.69. The number of benzene rings is 1. The number of fused-ring (bicyclic) bond motifs is 3. The summed E-state index contributed by atoms with van der Waals surface area (Å²) in [7, 11) is -3.56. The van der Waals surface area contributed by atoms with Crippen LogP contribution >= 0.6 is 0 Å². The second kappa shape index (κ2) is 12.1. The molecule has 6 aliphatic rings. The van der Waals surface area contributed by atoms with Crippen molar-refractivity contribution in [2.45, 2.75) is 107 Å². The first kappa shape index (κ1) is 31.3. The topological polar surface area (TPSA) is 121 Å². The van der Waals surface area contributed by atoms with Gasteiger partial charge in [0.05, 0.1) is 24.4 Å². The Morgan fingerprint density at radius 2 is 1.83 bits per heavy atom. The van der Waals surface area contributed by atoms with Crippen LogP contribution in [0.2, 0.25) is 0 Å². The highest BCUT2D eigenvalue weighted by Crippen LogP contribution is 2.58. The van der Waals surface area contributed by atoms with E-state index in [9.17, 15) is 32.0 Å². The van der Waals surface area contributed by atoms with Crippen LogP contribution in [-0.4, -0.2) is 89.1 Å². The maximum atomic E-state index is 14.3. The first-order valence-electron chi connectivity index (χ1n) is 16.8. The van der Waals surface area contributed by atoms with Crippen LogP contribution in [-0.2, 0) is 37.3 Å². The van der Waals surface area contributed by atoms with Crippen LogP contribution in [0.1, 0.15) is 81.8 Å². The quantitative estimate of drug-likeness (QED) is 0.413. The number of urea groups is 1. The lowest BCUT2D eigenvalue weighted by Crippen LogP contribution is -2.50. The zero-order chi connectivity index (χ0) is 32.2. The highest BCUT2D eigenvalue weighted by Gasteiger charge is 2.61. The SMILES string of the molecule is O=C1C[C@]2(C(=O)CS(=O)(=O)C3CC3)C[C@H]2/C=C\CCCCCN(C2CC2)C(=O)N2C[C@H](OC(=O)N3Cc4cccc(F)c4C3)C[C@@H]12. The molecule has 0 spiro atoms. The zero-order valence-electron chi connectivity index (χ0n) is 26.1. The molecule has 4 fully saturated rings. The number of sulfone groups is 1. The summed E-state index contributed by atoms with van der Waals surface area (Å²) in [6.07, 6.45) is 9.44. The lowest BCUT2D eigenvalue weighted by Gasteiger charge is -2.32. The molecule has 3 heterocycles. The second-order valence-electron chi connectivity index (χ2n) is 14.2. The van der Waals surface area contributed by atoms with Crippen LogP contribution in [0.25, 0.3) is 0 Å². The van der Waals surface area contributed by atoms with Gasteiger partial charge in [0, 0.05) is 43.0 Å². The fourth-order valence-electron chi connectivity index (χ4n) is 7.60. The molecule has 4 atom stereocenters. The fraction of sp³-hybridized carbons (Fsp3) is 0.647. The third kappa shape index (κ3) is 6.21. The Balaban J connectivity index is 1.12. The van der Waals surface area contributed by atoms with E-state index in [2.05, 4.69) is 0 Å². The number of allylic oxidation sites excluding steroid dienone is 2. The minimum atomic E-state index is -3.56. The van der Waals surface area contributed by atoms with E-state index in [-0.39, 0.29) is 62.1 Å². The third-order valence-electron chi connectivity index (χ3n) is 10.7. The minimum Gasteiger partial charge on any atom is -0.444 e. The van der Waals surface area contributed by atoms with E-state index in [0.29, 0.717) is 36.9 Å². The maximum absolute atomic E-state index is 14.3. The number of Topliss-reactive ketones (excluding diaryl/α,β-unsaturated/α-hetero) is 2. The van der Waals surface area contributed by atoms with Crippen molar-refractivity contribution in [3.05, 3.63) is 47.3 Å². The summed E-state index contributed by atoms with van der Waals surface area (Å²) in [5, 5.41) is -0.467. The van der Waals surface area contributed by atoms with Crippen molar-refractivity contribution in [1.82, 2.24) is 14.7 Å². The molecule has 46 heavy (non-hydrogen) atoms. The molecular formula is C34H42FN3O7S. The number of ether oxygens (including phenoxy) is 1. The van der Waals surface area contributed by atoms with Gasteiger partial charge in [-0.2, -0.15) is 0 Å². The normalized spacial score (nSPS) is 31.0. The summed E-state index contributed by atoms with van der Waals surface area (Å²) < 4.78 is 45.8. The van der Waals surface area contributed by atoms with Gasteiger partial charge in [-0.3, -0.25) is 14.5 Å². The molecule has 0 aromatic heterocycles. The molecule has 1 aromatic rings. The summed E-state index contributed by atoms with van der Waals surface area (Å²) >= 11 is 0. The van der Waals surface area contributed by atoms with Gasteiger partial charge in [0.25, 0.3) is 0 Å². The van der Waals surface area contributed by atoms with Crippen LogP contribution in [0, 0.1) is 17.2 Å². The van der Waals surface area contributed by atoms with E-state index in [1.165, 1.54) is 15.9 Å². The van der Waals surface area contributed by atoms with Gasteiger partial charge in [-0.1, -0.05) is 30.7 Å². The van der Waals surface area contributed by atoms with Crippen LogP contribution in [0.5, 0.6) is 0 Å². The number of rotatable bonds is 6. The highest BCUT2D eigenvalue weighted by molar-refractivity contribution is 7.93. The van der Waals surface area contributed by atoms with Gasteiger partial charge in [0.2, 0.25) is 0 Å². The lowest BCUT2D eigenvalue weighted by atomic mass is 9.89. The van der Waals surface area contributed by atoms with E-state index in [1.807, 2.05) is 17.1 Å². The maximum Gasteiger partial charge on any atom is 0.410 e. The van der Waals surface area contributed by atoms with E-state index < -0.39 is 50.3 Å². The number of carbonyl (C=O) groups is 4. The van der Waals surface area contributed by atoms with Gasteiger partial charge >= 0.3 is 12.1 Å². The summed E-state index contributed by atoms with van der Waals surface area (Å²) in [4.78, 5) is 60.0. The molecule has 3 aliphatic heterocycles. The van der Waals surface area contributed by atoms with Crippen molar-refractivity contribution < 1.29 is 36.7 Å². The van der Waals surface area contributed by atoms with E-state index >= 15 is 0 Å². The second-order valence-corrected chi connectivity index (χ2v) is 16.4. The van der Waals surface area contributed by atoms with E-state index in [4.69, 9.17) is 4.74 Å². The van der Waals surface area contributed by atoms with E-state index in [0.717, 1.165) is 38.5 Å². The van der Waals surface area contributed by atoms with Crippen LogP contribution in [0.4, 0.5) is 14.0 Å². The van der Waals surface area contributed by atoms with Crippen molar-refractivity contribution in [2.24, 2.45) is 11.3 Å². The average Bonchev–Trinajstić information content (AvgIpc) is 3.95. The molecular weight excluding hydrogens is 613 g/mol. The lowest BCUT2D eigenvalue weighted by molar-refractivity contribution is -0.130. The fourth-order valence-corrected chi connectivity index (χ4v) is 9.35. The zero-order valence-corrected chi connectivity index (χ0v) is 26.9. The monoisotopic (exact) mass is 655 g/mol. The number of carbonyl (C=O) groups excluding carboxylic acids is 4. The van der Waals surface area contributed by atoms with Crippen molar-refractivity contribution in [1.29, 1.82) is 0 Å². The van der Waals surface area contributed by atoms with Gasteiger partial charge in [0.1, 0.15) is 17.7 Å². The molecule has 3 amide bonds. The predicted molar refractivity (Wildman–Crippen MR) is 166 cm³/mol. The van der Waals surface area contributed by atoms with Crippen LogP contribution < -0.4 is 0 Å². The van der Waals surface area contributed by atoms with Gasteiger partial charge < -0.3 is 14.5 Å².